The average Bonchev–Trinajstić information content (AvgIpc) is 3.54. The maximum atomic E-state index is 13.6. The SMILES string of the molecule is C=C(C(=O)OC)N(C(=O)OC(C)(C)C)C(=O)OC(C)(C)C.CC(C)(C)OC(=O)OC(=O)OC(C)(C)C.COC(=O)C(CN(c1ccc(F)cc1)c1ccccn1)N(C(=O)OC(C)(C)C)C(=O)OC(C)(C)C.COC(=O)C(CO)NC(=O)OC(C)(C)C. The smallest absolute Gasteiger partial charge is 0.467 e. The van der Waals surface area contributed by atoms with Crippen LogP contribution in [0, 0.1) is 5.82 Å². The Bertz CT molecular complexity index is 2500. The van der Waals surface area contributed by atoms with Crippen molar-refractivity contribution in [2.24, 2.45) is 0 Å². The molecule has 28 heteroatoms. The summed E-state index contributed by atoms with van der Waals surface area (Å²) in [6, 6.07) is 8.00. The van der Waals surface area contributed by atoms with Crippen LogP contribution in [0.3, 0.4) is 0 Å². The fourth-order valence-electron chi connectivity index (χ4n) is 5.49. The number of aliphatic hydroxyl groups excluding tert-OH is 1. The first-order valence-corrected chi connectivity index (χ1v) is 26.4. The number of rotatable bonds is 11. The number of halogens is 1. The number of esters is 3. The van der Waals surface area contributed by atoms with E-state index in [0.717, 1.165) is 14.2 Å². The number of amides is 5. The van der Waals surface area contributed by atoms with Crippen molar-refractivity contribution < 1.29 is 110 Å². The fourth-order valence-corrected chi connectivity index (χ4v) is 5.49. The number of ether oxygens (including phenoxy) is 11. The minimum atomic E-state index is -1.49. The number of imide groups is 2. The Morgan fingerprint density at radius 1 is 0.535 bits per heavy atom. The first-order valence-electron chi connectivity index (χ1n) is 26.4. The van der Waals surface area contributed by atoms with E-state index in [1.165, 1.54) is 31.4 Å². The van der Waals surface area contributed by atoms with Crippen LogP contribution < -0.4 is 10.2 Å². The van der Waals surface area contributed by atoms with Crippen LogP contribution in [0.25, 0.3) is 0 Å². The van der Waals surface area contributed by atoms with E-state index in [0.29, 0.717) is 21.3 Å². The highest BCUT2D eigenvalue weighted by molar-refractivity contribution is 6.00. The zero-order valence-electron chi connectivity index (χ0n) is 54.1. The molecular formula is C58H90FN5O22. The monoisotopic (exact) mass is 1230 g/mol. The molecule has 0 aliphatic rings. The molecule has 0 radical (unpaired) electrons. The molecule has 0 aliphatic carbocycles. The first kappa shape index (κ1) is 79.8. The van der Waals surface area contributed by atoms with E-state index in [1.54, 1.807) is 175 Å². The van der Waals surface area contributed by atoms with Gasteiger partial charge in [-0.1, -0.05) is 12.6 Å². The number of carbonyl (C=O) groups is 10. The molecular weight excluding hydrogens is 1140 g/mol. The number of anilines is 2. The molecule has 486 valence electrons. The van der Waals surface area contributed by atoms with Gasteiger partial charge in [-0.15, -0.1) is 0 Å². The summed E-state index contributed by atoms with van der Waals surface area (Å²) in [5.74, 6) is -2.61. The predicted octanol–water partition coefficient (Wildman–Crippen LogP) is 10.8. The van der Waals surface area contributed by atoms with E-state index >= 15 is 0 Å². The third kappa shape index (κ3) is 35.8. The molecule has 2 rings (SSSR count). The second kappa shape index (κ2) is 34.0. The van der Waals surface area contributed by atoms with Gasteiger partial charge in [0.15, 0.2) is 12.1 Å². The lowest BCUT2D eigenvalue weighted by Gasteiger charge is -2.35. The zero-order chi connectivity index (χ0) is 67.7. The highest BCUT2D eigenvalue weighted by atomic mass is 19.1. The molecule has 0 aliphatic heterocycles. The van der Waals surface area contributed by atoms with Crippen LogP contribution in [0.1, 0.15) is 145 Å². The van der Waals surface area contributed by atoms with Gasteiger partial charge in [0, 0.05) is 11.9 Å². The van der Waals surface area contributed by atoms with Crippen LogP contribution in [-0.2, 0) is 66.5 Å². The summed E-state index contributed by atoms with van der Waals surface area (Å²) in [7, 11) is 3.42. The van der Waals surface area contributed by atoms with Gasteiger partial charge in [0.1, 0.15) is 56.5 Å². The van der Waals surface area contributed by atoms with E-state index in [4.69, 9.17) is 43.0 Å². The van der Waals surface area contributed by atoms with Crippen LogP contribution in [-0.4, -0.2) is 166 Å². The molecule has 2 aromatic rings. The van der Waals surface area contributed by atoms with Crippen molar-refractivity contribution >= 4 is 72.2 Å². The molecule has 5 amide bonds. The highest BCUT2D eigenvalue weighted by Crippen LogP contribution is 2.27. The van der Waals surface area contributed by atoms with E-state index < -0.39 is 130 Å². The highest BCUT2D eigenvalue weighted by Gasteiger charge is 2.43. The lowest BCUT2D eigenvalue weighted by Crippen LogP contribution is -2.55. The van der Waals surface area contributed by atoms with E-state index in [1.807, 2.05) is 0 Å². The third-order valence-corrected chi connectivity index (χ3v) is 8.53. The number of hydrogen-bond donors (Lipinski definition) is 2. The van der Waals surface area contributed by atoms with Crippen LogP contribution in [0.2, 0.25) is 0 Å². The Balaban J connectivity index is 0. The molecule has 2 N–H and O–H groups in total. The normalized spacial score (nSPS) is 12.1. The minimum absolute atomic E-state index is 0.270. The molecule has 0 bridgehead atoms. The van der Waals surface area contributed by atoms with Gasteiger partial charge in [-0.2, -0.15) is 9.80 Å². The van der Waals surface area contributed by atoms with Gasteiger partial charge in [-0.25, -0.2) is 57.3 Å². The molecule has 1 aromatic heterocycles. The molecule has 1 aromatic carbocycles. The van der Waals surface area contributed by atoms with Gasteiger partial charge in [0.2, 0.25) is 0 Å². The summed E-state index contributed by atoms with van der Waals surface area (Å²) < 4.78 is 67.0. The molecule has 27 nitrogen and oxygen atoms in total. The summed E-state index contributed by atoms with van der Waals surface area (Å²) in [6.07, 6.45) is -5.64. The first-order chi connectivity index (χ1) is 38.8. The number of alkyl carbamates (subject to hydrolysis) is 1. The topological polar surface area (TPSA) is 327 Å². The molecule has 0 saturated heterocycles. The maximum Gasteiger partial charge on any atom is 0.519 e. The van der Waals surface area contributed by atoms with Crippen molar-refractivity contribution in [3.63, 3.8) is 0 Å². The number of aromatic nitrogens is 1. The van der Waals surface area contributed by atoms with Crippen LogP contribution >= 0.6 is 0 Å². The van der Waals surface area contributed by atoms with E-state index in [-0.39, 0.29) is 6.54 Å². The van der Waals surface area contributed by atoms with E-state index in [9.17, 15) is 52.3 Å². The van der Waals surface area contributed by atoms with Gasteiger partial charge >= 0.3 is 60.7 Å². The van der Waals surface area contributed by atoms with Gasteiger partial charge in [0.05, 0.1) is 34.5 Å². The number of nitrogens with one attached hydrogen (secondary N) is 1. The number of benzene rings is 1. The van der Waals surface area contributed by atoms with Crippen molar-refractivity contribution in [1.82, 2.24) is 20.1 Å². The zero-order valence-corrected chi connectivity index (χ0v) is 54.1. The molecule has 1 heterocycles. The largest absolute Gasteiger partial charge is 0.519 e. The maximum absolute atomic E-state index is 13.6. The standard InChI is InChI=1S/C25H32FN3O6.C14H23NO6.C10H18O5.C9H17NO5/c1-24(2,3)34-22(31)29(23(32)35-25(4,5)6)19(21(30)33-7)16-28(20-10-8-9-15-27-20)18-13-11-17(26)12-14-18;1-9(10(16)19-8)15(11(17)20-13(2,3)4)12(18)21-14(5,6)7;1-9(2,3)14-7(11)13-8(12)15-10(4,5)6;1-9(2,3)15-8(13)10-6(5-11)7(12)14-4/h8-15,19H,16H2,1-7H3;1H2,2-8H3;1-6H3;6,11H,5H2,1-4H3,(H,10,13). The quantitative estimate of drug-likeness (QED) is 0.0913. The number of carbonyl (C=O) groups excluding carboxylic acids is 10. The average molecular weight is 1230 g/mol. The Labute approximate surface area is 503 Å². The fraction of sp³-hybridized carbons (Fsp3) is 0.603. The lowest BCUT2D eigenvalue weighted by atomic mass is 10.2. The third-order valence-electron chi connectivity index (χ3n) is 8.53. The molecule has 2 unspecified atom stereocenters. The number of nitrogens with zero attached hydrogens (tertiary/aromatic N) is 4. The Morgan fingerprint density at radius 3 is 1.24 bits per heavy atom. The Hall–Kier alpha value is -8.30. The summed E-state index contributed by atoms with van der Waals surface area (Å²) in [6.45, 7) is 37.2. The number of aliphatic hydroxyl groups is 1. The van der Waals surface area contributed by atoms with Crippen molar-refractivity contribution in [2.45, 2.75) is 197 Å². The molecule has 86 heavy (non-hydrogen) atoms. The van der Waals surface area contributed by atoms with Crippen molar-refractivity contribution in [1.29, 1.82) is 0 Å². The van der Waals surface area contributed by atoms with Crippen molar-refractivity contribution in [3.05, 3.63) is 66.8 Å². The van der Waals surface area contributed by atoms with Gasteiger partial charge in [-0.3, -0.25) is 0 Å². The second-order valence-corrected chi connectivity index (χ2v) is 24.8. The van der Waals surface area contributed by atoms with Crippen LogP contribution in [0.15, 0.2) is 60.9 Å². The summed E-state index contributed by atoms with van der Waals surface area (Å²) in [5, 5.41) is 11.0. The van der Waals surface area contributed by atoms with Crippen molar-refractivity contribution in [3.8, 4) is 0 Å². The lowest BCUT2D eigenvalue weighted by molar-refractivity contribution is -0.146. The van der Waals surface area contributed by atoms with Crippen LogP contribution in [0.5, 0.6) is 0 Å². The Kier molecular flexibility index (Phi) is 31.5. The van der Waals surface area contributed by atoms with Crippen LogP contribution in [0.4, 0.5) is 49.5 Å². The van der Waals surface area contributed by atoms with Gasteiger partial charge in [-0.05, 0) is 182 Å². The molecule has 0 saturated carbocycles. The second-order valence-electron chi connectivity index (χ2n) is 24.8. The minimum Gasteiger partial charge on any atom is -0.467 e. The summed E-state index contributed by atoms with van der Waals surface area (Å²) >= 11 is 0. The summed E-state index contributed by atoms with van der Waals surface area (Å²) in [4.78, 5) is 126. The predicted molar refractivity (Wildman–Crippen MR) is 309 cm³/mol. The van der Waals surface area contributed by atoms with E-state index in [2.05, 4.69) is 31.1 Å². The number of pyridine rings is 1. The van der Waals surface area contributed by atoms with Gasteiger partial charge < -0.3 is 67.4 Å². The van der Waals surface area contributed by atoms with Gasteiger partial charge in [0.25, 0.3) is 0 Å². The number of methoxy groups -OCH3 is 3. The number of hydrogen-bond acceptors (Lipinski definition) is 24. The molecule has 0 fully saturated rings. The summed E-state index contributed by atoms with van der Waals surface area (Å²) in [5.41, 5.74) is -5.70. The van der Waals surface area contributed by atoms with Crippen molar-refractivity contribution in [2.75, 3.05) is 39.4 Å². The molecule has 0 spiro atoms. The Morgan fingerprint density at radius 2 is 0.919 bits per heavy atom. The molecule has 2 atom stereocenters.